The van der Waals surface area contributed by atoms with E-state index < -0.39 is 0 Å². The maximum absolute atomic E-state index is 4.69. The van der Waals surface area contributed by atoms with Crippen molar-refractivity contribution >= 4 is 33.2 Å². The number of aliphatic imine (C=N–C) groups is 1. The van der Waals surface area contributed by atoms with Crippen molar-refractivity contribution in [3.05, 3.63) is 37.7 Å². The maximum Gasteiger partial charge on any atom is 0.191 e. The molecule has 0 saturated heterocycles. The molecule has 5 nitrogen and oxygen atoms in total. The molecule has 0 amide bonds. The Morgan fingerprint density at radius 1 is 1.35 bits per heavy atom. The fourth-order valence-corrected chi connectivity index (χ4v) is 3.82. The summed E-state index contributed by atoms with van der Waals surface area (Å²) in [6.45, 7) is 8.55. The summed E-state index contributed by atoms with van der Waals surface area (Å²) in [6, 6.07) is 4.25. The molecule has 0 aliphatic rings. The number of nitrogens with zero attached hydrogens (tertiary/aromatic N) is 3. The van der Waals surface area contributed by atoms with Crippen molar-refractivity contribution in [3.8, 4) is 0 Å². The fraction of sp³-hybridized carbons (Fsp3) is 0.500. The monoisotopic (exact) mass is 397 g/mol. The van der Waals surface area contributed by atoms with E-state index in [1.54, 1.807) is 11.3 Å². The third-order valence-electron chi connectivity index (χ3n) is 3.69. The molecule has 0 atom stereocenters. The van der Waals surface area contributed by atoms with Gasteiger partial charge in [0.25, 0.3) is 0 Å². The van der Waals surface area contributed by atoms with Gasteiger partial charge in [-0.1, -0.05) is 0 Å². The lowest BCUT2D eigenvalue weighted by atomic mass is 10.2. The minimum absolute atomic E-state index is 0.644. The highest BCUT2D eigenvalue weighted by atomic mass is 79.9. The Kier molecular flexibility index (Phi) is 6.65. The van der Waals surface area contributed by atoms with Crippen molar-refractivity contribution < 1.29 is 0 Å². The molecule has 0 aromatic carbocycles. The summed E-state index contributed by atoms with van der Waals surface area (Å²) in [5.41, 5.74) is 3.42. The molecule has 126 valence electrons. The number of guanidine groups is 1. The lowest BCUT2D eigenvalue weighted by Gasteiger charge is -2.11. The molecule has 0 unspecified atom stereocenters. The van der Waals surface area contributed by atoms with Gasteiger partial charge in [-0.25, -0.2) is 4.99 Å². The van der Waals surface area contributed by atoms with Gasteiger partial charge in [0.15, 0.2) is 5.96 Å². The highest BCUT2D eigenvalue weighted by Gasteiger charge is 2.09. The van der Waals surface area contributed by atoms with Gasteiger partial charge in [-0.15, -0.1) is 11.3 Å². The zero-order valence-corrected chi connectivity index (χ0v) is 16.5. The number of hydrogen-bond acceptors (Lipinski definition) is 3. The van der Waals surface area contributed by atoms with Crippen LogP contribution in [0.4, 0.5) is 0 Å². The first-order valence-corrected chi connectivity index (χ1v) is 9.37. The van der Waals surface area contributed by atoms with Crippen molar-refractivity contribution in [2.24, 2.45) is 12.0 Å². The first-order chi connectivity index (χ1) is 11.0. The molecular weight excluding hydrogens is 374 g/mol. The summed E-state index contributed by atoms with van der Waals surface area (Å²) < 4.78 is 3.09. The molecule has 7 heteroatoms. The Morgan fingerprint density at radius 3 is 2.70 bits per heavy atom. The molecule has 2 N–H and O–H groups in total. The molecule has 0 radical (unpaired) electrons. The summed E-state index contributed by atoms with van der Waals surface area (Å²) >= 11 is 5.27. The van der Waals surface area contributed by atoms with Crippen molar-refractivity contribution in [2.75, 3.05) is 13.1 Å². The highest BCUT2D eigenvalue weighted by Crippen LogP contribution is 2.22. The third kappa shape index (κ3) is 5.07. The summed E-state index contributed by atoms with van der Waals surface area (Å²) in [7, 11) is 1.97. The Hall–Kier alpha value is -1.34. The second-order valence-corrected chi connectivity index (χ2v) is 7.90. The Labute approximate surface area is 150 Å². The number of hydrogen-bond donors (Lipinski definition) is 2. The van der Waals surface area contributed by atoms with Crippen LogP contribution < -0.4 is 10.6 Å². The van der Waals surface area contributed by atoms with E-state index >= 15 is 0 Å². The van der Waals surface area contributed by atoms with Gasteiger partial charge in [-0.3, -0.25) is 4.68 Å². The maximum atomic E-state index is 4.69. The van der Waals surface area contributed by atoms with Crippen LogP contribution in [0.2, 0.25) is 0 Å². The van der Waals surface area contributed by atoms with Crippen LogP contribution in [0.25, 0.3) is 0 Å². The number of aromatic nitrogens is 2. The number of rotatable bonds is 6. The molecule has 0 aliphatic heterocycles. The first-order valence-electron chi connectivity index (χ1n) is 7.76. The standard InChI is InChI=1S/C16H24BrN5S/c1-5-18-16(19-9-8-13-6-7-15(17)23-13)20-10-14-11(2)21-22(4)12(14)3/h6-7H,5,8-10H2,1-4H3,(H2,18,19,20). The zero-order chi connectivity index (χ0) is 16.8. The van der Waals surface area contributed by atoms with Crippen LogP contribution in [-0.2, 0) is 20.0 Å². The van der Waals surface area contributed by atoms with E-state index in [1.165, 1.54) is 19.9 Å². The quantitative estimate of drug-likeness (QED) is 0.581. The van der Waals surface area contributed by atoms with E-state index in [-0.39, 0.29) is 0 Å². The molecule has 2 heterocycles. The van der Waals surface area contributed by atoms with E-state index in [0.717, 1.165) is 31.2 Å². The number of halogens is 1. The second kappa shape index (κ2) is 8.49. The van der Waals surface area contributed by atoms with E-state index in [0.29, 0.717) is 6.54 Å². The van der Waals surface area contributed by atoms with Gasteiger partial charge in [-0.2, -0.15) is 5.10 Å². The second-order valence-electron chi connectivity index (χ2n) is 5.35. The summed E-state index contributed by atoms with van der Waals surface area (Å²) in [5.74, 6) is 0.853. The summed E-state index contributed by atoms with van der Waals surface area (Å²) in [6.07, 6.45) is 0.992. The van der Waals surface area contributed by atoms with E-state index in [9.17, 15) is 0 Å². The van der Waals surface area contributed by atoms with Crippen LogP contribution in [0.1, 0.15) is 28.8 Å². The molecule has 2 aromatic heterocycles. The smallest absolute Gasteiger partial charge is 0.191 e. The number of aryl methyl sites for hydroxylation is 2. The van der Waals surface area contributed by atoms with Crippen LogP contribution in [-0.4, -0.2) is 28.8 Å². The molecule has 0 fully saturated rings. The average molecular weight is 398 g/mol. The van der Waals surface area contributed by atoms with Gasteiger partial charge in [0.2, 0.25) is 0 Å². The lowest BCUT2D eigenvalue weighted by Crippen LogP contribution is -2.38. The molecule has 2 aromatic rings. The number of nitrogens with one attached hydrogen (secondary N) is 2. The Morgan fingerprint density at radius 2 is 2.13 bits per heavy atom. The molecule has 0 bridgehead atoms. The van der Waals surface area contributed by atoms with Crippen LogP contribution in [0, 0.1) is 13.8 Å². The summed E-state index contributed by atoms with van der Waals surface area (Å²) in [4.78, 5) is 6.05. The van der Waals surface area contributed by atoms with Crippen LogP contribution in [0.3, 0.4) is 0 Å². The molecule has 0 saturated carbocycles. The summed E-state index contributed by atoms with van der Waals surface area (Å²) in [5, 5.41) is 11.1. The zero-order valence-electron chi connectivity index (χ0n) is 14.1. The number of thiophene rings is 1. The predicted octanol–water partition coefficient (Wildman–Crippen LogP) is 3.16. The highest BCUT2D eigenvalue weighted by molar-refractivity contribution is 9.11. The molecule has 0 aliphatic carbocycles. The van der Waals surface area contributed by atoms with Gasteiger partial charge >= 0.3 is 0 Å². The van der Waals surface area contributed by atoms with Gasteiger partial charge in [0.1, 0.15) is 0 Å². The topological polar surface area (TPSA) is 54.2 Å². The van der Waals surface area contributed by atoms with Gasteiger partial charge in [0.05, 0.1) is 16.0 Å². The van der Waals surface area contributed by atoms with Gasteiger partial charge in [0, 0.05) is 36.3 Å². The molecule has 23 heavy (non-hydrogen) atoms. The third-order valence-corrected chi connectivity index (χ3v) is 5.37. The lowest BCUT2D eigenvalue weighted by molar-refractivity contribution is 0.730. The normalized spacial score (nSPS) is 11.8. The minimum atomic E-state index is 0.644. The van der Waals surface area contributed by atoms with Gasteiger partial charge < -0.3 is 10.6 Å². The SMILES string of the molecule is CCNC(=NCc1c(C)nn(C)c1C)NCCc1ccc(Br)s1. The predicted molar refractivity (Wildman–Crippen MR) is 101 cm³/mol. The van der Waals surface area contributed by atoms with E-state index in [1.807, 2.05) is 18.7 Å². The Bertz CT molecular complexity index is 674. The van der Waals surface area contributed by atoms with Crippen molar-refractivity contribution in [2.45, 2.75) is 33.7 Å². The van der Waals surface area contributed by atoms with Crippen molar-refractivity contribution in [1.29, 1.82) is 0 Å². The molecule has 2 rings (SSSR count). The fourth-order valence-electron chi connectivity index (χ4n) is 2.34. The van der Waals surface area contributed by atoms with Crippen LogP contribution in [0.15, 0.2) is 20.9 Å². The molecular formula is C16H24BrN5S. The first kappa shape index (κ1) is 18.0. The van der Waals surface area contributed by atoms with Crippen molar-refractivity contribution in [3.63, 3.8) is 0 Å². The van der Waals surface area contributed by atoms with Gasteiger partial charge in [-0.05, 0) is 55.3 Å². The van der Waals surface area contributed by atoms with Crippen molar-refractivity contribution in [1.82, 2.24) is 20.4 Å². The van der Waals surface area contributed by atoms with E-state index in [2.05, 4.69) is 57.6 Å². The van der Waals surface area contributed by atoms with Crippen LogP contribution >= 0.6 is 27.3 Å². The van der Waals surface area contributed by atoms with E-state index in [4.69, 9.17) is 4.99 Å². The largest absolute Gasteiger partial charge is 0.357 e. The molecule has 0 spiro atoms. The average Bonchev–Trinajstić information content (AvgIpc) is 3.01. The van der Waals surface area contributed by atoms with Crippen LogP contribution in [0.5, 0.6) is 0 Å². The minimum Gasteiger partial charge on any atom is -0.357 e. The Balaban J connectivity index is 1.94.